The summed E-state index contributed by atoms with van der Waals surface area (Å²) in [6, 6.07) is 0.0749. The van der Waals surface area contributed by atoms with E-state index >= 15 is 0 Å². The maximum absolute atomic E-state index is 12.2. The number of carbonyl (C=O) groups is 1. The van der Waals surface area contributed by atoms with Crippen molar-refractivity contribution in [2.75, 3.05) is 13.6 Å². The highest BCUT2D eigenvalue weighted by Crippen LogP contribution is 2.37. The van der Waals surface area contributed by atoms with E-state index < -0.39 is 0 Å². The summed E-state index contributed by atoms with van der Waals surface area (Å²) in [4.78, 5) is 23.0. The minimum Gasteiger partial charge on any atom is -0.338 e. The smallest absolute Gasteiger partial charge is 0.222 e. The fourth-order valence-electron chi connectivity index (χ4n) is 3.83. The van der Waals surface area contributed by atoms with E-state index in [9.17, 15) is 4.79 Å². The van der Waals surface area contributed by atoms with Crippen molar-refractivity contribution >= 4 is 5.91 Å². The van der Waals surface area contributed by atoms with Crippen LogP contribution in [0.15, 0.2) is 24.8 Å². The molecule has 2 aromatic heterocycles. The maximum Gasteiger partial charge on any atom is 0.222 e. The van der Waals surface area contributed by atoms with Gasteiger partial charge in [-0.25, -0.2) is 9.97 Å². The maximum atomic E-state index is 12.2. The van der Waals surface area contributed by atoms with Gasteiger partial charge in [0, 0.05) is 69.2 Å². The van der Waals surface area contributed by atoms with E-state index in [4.69, 9.17) is 0 Å². The zero-order valence-corrected chi connectivity index (χ0v) is 15.4. The average molecular weight is 354 g/mol. The lowest BCUT2D eigenvalue weighted by atomic mass is 9.85. The van der Waals surface area contributed by atoms with Gasteiger partial charge < -0.3 is 10.2 Å². The third-order valence-corrected chi connectivity index (χ3v) is 5.46. The third kappa shape index (κ3) is 3.62. The molecule has 2 aliphatic rings. The zero-order valence-electron chi connectivity index (χ0n) is 15.4. The molecule has 1 saturated carbocycles. The van der Waals surface area contributed by atoms with Crippen LogP contribution in [-0.2, 0) is 18.4 Å². The number of hydrogen-bond acceptors (Lipinski definition) is 5. The molecule has 1 saturated heterocycles. The Bertz CT molecular complexity index is 767. The zero-order chi connectivity index (χ0) is 18.1. The Morgan fingerprint density at radius 1 is 1.15 bits per heavy atom. The van der Waals surface area contributed by atoms with Gasteiger partial charge in [0.2, 0.25) is 5.91 Å². The molecule has 26 heavy (non-hydrogen) atoms. The summed E-state index contributed by atoms with van der Waals surface area (Å²) < 4.78 is 1.80. The molecule has 1 amide bonds. The monoisotopic (exact) mass is 354 g/mol. The predicted octanol–water partition coefficient (Wildman–Crippen LogP) is 1.79. The number of carbonyl (C=O) groups excluding carboxylic acids is 1. The molecule has 138 valence electrons. The molecule has 0 aromatic carbocycles. The van der Waals surface area contributed by atoms with Gasteiger partial charge in [-0.05, 0) is 25.2 Å². The summed E-state index contributed by atoms with van der Waals surface area (Å²) in [5.41, 5.74) is 2.21. The van der Waals surface area contributed by atoms with Gasteiger partial charge in [0.05, 0.1) is 12.2 Å². The van der Waals surface area contributed by atoms with E-state index in [2.05, 4.69) is 20.4 Å². The number of nitrogens with zero attached hydrogens (tertiary/aromatic N) is 5. The van der Waals surface area contributed by atoms with Crippen molar-refractivity contribution < 1.29 is 4.79 Å². The molecule has 2 fully saturated rings. The summed E-state index contributed by atoms with van der Waals surface area (Å²) in [5.74, 6) is 2.15. The molecule has 3 heterocycles. The van der Waals surface area contributed by atoms with Crippen LogP contribution in [0.4, 0.5) is 0 Å². The van der Waals surface area contributed by atoms with Gasteiger partial charge >= 0.3 is 0 Å². The van der Waals surface area contributed by atoms with Gasteiger partial charge in [-0.2, -0.15) is 5.10 Å². The van der Waals surface area contributed by atoms with E-state index in [0.717, 1.165) is 36.5 Å². The van der Waals surface area contributed by atoms with Crippen LogP contribution in [0.5, 0.6) is 0 Å². The van der Waals surface area contributed by atoms with Gasteiger partial charge in [-0.15, -0.1) is 0 Å². The summed E-state index contributed by atoms with van der Waals surface area (Å²) in [6.45, 7) is 1.60. The van der Waals surface area contributed by atoms with Crippen molar-refractivity contribution in [3.63, 3.8) is 0 Å². The number of aryl methyl sites for hydroxylation is 1. The Morgan fingerprint density at radius 2 is 1.92 bits per heavy atom. The van der Waals surface area contributed by atoms with Gasteiger partial charge in [-0.1, -0.05) is 0 Å². The number of rotatable bonds is 6. The van der Waals surface area contributed by atoms with E-state index in [1.165, 1.54) is 12.8 Å². The molecule has 4 rings (SSSR count). The van der Waals surface area contributed by atoms with Crippen molar-refractivity contribution in [3.8, 4) is 0 Å². The Balaban J connectivity index is 1.38. The van der Waals surface area contributed by atoms with Gasteiger partial charge in [0.25, 0.3) is 0 Å². The van der Waals surface area contributed by atoms with Crippen LogP contribution in [0, 0.1) is 5.92 Å². The van der Waals surface area contributed by atoms with Crippen LogP contribution in [0.1, 0.15) is 54.6 Å². The average Bonchev–Trinajstić information content (AvgIpc) is 3.40. The van der Waals surface area contributed by atoms with Crippen LogP contribution in [-0.4, -0.2) is 44.1 Å². The topological polar surface area (TPSA) is 75.9 Å². The number of aromatic nitrogens is 4. The number of piperidine rings is 1. The minimum atomic E-state index is 0.0749. The lowest BCUT2D eigenvalue weighted by Gasteiger charge is -2.38. The molecular weight excluding hydrogens is 328 g/mol. The largest absolute Gasteiger partial charge is 0.338 e. The number of amides is 1. The first-order chi connectivity index (χ1) is 12.6. The summed E-state index contributed by atoms with van der Waals surface area (Å²) in [6.07, 6.45) is 11.7. The Kier molecular flexibility index (Phi) is 4.72. The third-order valence-electron chi connectivity index (χ3n) is 5.46. The van der Waals surface area contributed by atoms with E-state index in [-0.39, 0.29) is 11.9 Å². The molecule has 7 heteroatoms. The highest BCUT2D eigenvalue weighted by Gasteiger charge is 2.35. The highest BCUT2D eigenvalue weighted by atomic mass is 16.2. The SMILES string of the molecule is CN1C(=O)CC[C@H](CNCc2cnc(C3CC3)nc2)[C@H]1c1cnn(C)c1. The number of hydrogen-bond donors (Lipinski definition) is 1. The summed E-state index contributed by atoms with van der Waals surface area (Å²) in [7, 11) is 3.81. The Labute approximate surface area is 153 Å². The van der Waals surface area contributed by atoms with Crippen LogP contribution >= 0.6 is 0 Å². The van der Waals surface area contributed by atoms with Crippen molar-refractivity contribution in [2.24, 2.45) is 13.0 Å². The molecule has 0 spiro atoms. The fraction of sp³-hybridized carbons (Fsp3) is 0.579. The molecule has 1 N–H and O–H groups in total. The first-order valence-corrected chi connectivity index (χ1v) is 9.37. The minimum absolute atomic E-state index is 0.0749. The van der Waals surface area contributed by atoms with E-state index in [1.807, 2.05) is 43.8 Å². The Hall–Kier alpha value is -2.28. The lowest BCUT2D eigenvalue weighted by Crippen LogP contribution is -2.43. The Morgan fingerprint density at radius 3 is 2.58 bits per heavy atom. The molecule has 0 unspecified atom stereocenters. The lowest BCUT2D eigenvalue weighted by molar-refractivity contribution is -0.137. The predicted molar refractivity (Wildman–Crippen MR) is 97.2 cm³/mol. The van der Waals surface area contributed by atoms with Crippen LogP contribution in [0.2, 0.25) is 0 Å². The fourth-order valence-corrected chi connectivity index (χ4v) is 3.83. The van der Waals surface area contributed by atoms with Gasteiger partial charge in [0.15, 0.2) is 0 Å². The second kappa shape index (κ2) is 7.15. The molecule has 0 radical (unpaired) electrons. The highest BCUT2D eigenvalue weighted by molar-refractivity contribution is 5.77. The van der Waals surface area contributed by atoms with Crippen molar-refractivity contribution in [2.45, 2.75) is 44.2 Å². The first-order valence-electron chi connectivity index (χ1n) is 9.37. The number of likely N-dealkylation sites (tertiary alicyclic amines) is 1. The summed E-state index contributed by atoms with van der Waals surface area (Å²) >= 11 is 0. The van der Waals surface area contributed by atoms with Gasteiger partial charge in [0.1, 0.15) is 5.82 Å². The van der Waals surface area contributed by atoms with Crippen LogP contribution < -0.4 is 5.32 Å². The standard InChI is InChI=1S/C19H26N6O/c1-24-12-16(11-23-24)18-15(5-6-17(26)25(18)2)10-20-7-13-8-21-19(22-9-13)14-3-4-14/h8-9,11-12,14-15,18,20H,3-7,10H2,1-2H3/t15-,18+/m1/s1. The second-order valence-electron chi connectivity index (χ2n) is 7.55. The molecular formula is C19H26N6O. The van der Waals surface area contributed by atoms with E-state index in [0.29, 0.717) is 18.3 Å². The molecule has 2 aromatic rings. The molecule has 2 atom stereocenters. The van der Waals surface area contributed by atoms with Crippen molar-refractivity contribution in [1.82, 2.24) is 30.0 Å². The molecule has 0 bridgehead atoms. The number of nitrogens with one attached hydrogen (secondary N) is 1. The van der Waals surface area contributed by atoms with Crippen LogP contribution in [0.25, 0.3) is 0 Å². The molecule has 1 aliphatic heterocycles. The quantitative estimate of drug-likeness (QED) is 0.856. The molecule has 1 aliphatic carbocycles. The van der Waals surface area contributed by atoms with Crippen molar-refractivity contribution in [3.05, 3.63) is 41.7 Å². The van der Waals surface area contributed by atoms with Crippen LogP contribution in [0.3, 0.4) is 0 Å². The molecule has 7 nitrogen and oxygen atoms in total. The second-order valence-corrected chi connectivity index (χ2v) is 7.55. The van der Waals surface area contributed by atoms with Gasteiger partial charge in [-0.3, -0.25) is 9.48 Å². The first kappa shape index (κ1) is 17.1. The summed E-state index contributed by atoms with van der Waals surface area (Å²) in [5, 5.41) is 7.82. The van der Waals surface area contributed by atoms with Crippen molar-refractivity contribution in [1.29, 1.82) is 0 Å². The van der Waals surface area contributed by atoms with E-state index in [1.54, 1.807) is 4.68 Å². The normalized spacial score (nSPS) is 23.5.